The lowest BCUT2D eigenvalue weighted by molar-refractivity contribution is 0.409. The molecule has 0 bridgehead atoms. The molecule has 3 heteroatoms. The molecular weight excluding hydrogens is 248 g/mol. The fourth-order valence-electron chi connectivity index (χ4n) is 2.23. The normalized spacial score (nSPS) is 9.90. The summed E-state index contributed by atoms with van der Waals surface area (Å²) in [6, 6.07) is 16.0. The van der Waals surface area contributed by atoms with E-state index in [4.69, 9.17) is 4.74 Å². The van der Waals surface area contributed by atoms with Crippen LogP contribution in [0, 0.1) is 18.3 Å². The van der Waals surface area contributed by atoms with Crippen LogP contribution < -0.4 is 9.64 Å². The number of aryl methyl sites for hydroxylation is 1. The topological polar surface area (TPSA) is 36.3 Å². The molecule has 0 amide bonds. The Labute approximate surface area is 120 Å². The maximum absolute atomic E-state index is 9.22. The number of hydrogen-bond acceptors (Lipinski definition) is 3. The Morgan fingerprint density at radius 2 is 1.95 bits per heavy atom. The van der Waals surface area contributed by atoms with Gasteiger partial charge in [-0.1, -0.05) is 24.3 Å². The Morgan fingerprint density at radius 1 is 1.20 bits per heavy atom. The van der Waals surface area contributed by atoms with Crippen molar-refractivity contribution < 1.29 is 4.74 Å². The van der Waals surface area contributed by atoms with Crippen LogP contribution >= 0.6 is 0 Å². The van der Waals surface area contributed by atoms with E-state index in [-0.39, 0.29) is 0 Å². The zero-order chi connectivity index (χ0) is 14.5. The summed E-state index contributed by atoms with van der Waals surface area (Å²) in [7, 11) is 3.66. The second kappa shape index (κ2) is 6.12. The molecule has 0 saturated carbocycles. The molecule has 0 aromatic heterocycles. The van der Waals surface area contributed by atoms with E-state index in [1.54, 1.807) is 7.11 Å². The van der Waals surface area contributed by atoms with Gasteiger partial charge in [0.05, 0.1) is 18.4 Å². The first-order valence-corrected chi connectivity index (χ1v) is 6.49. The van der Waals surface area contributed by atoms with Crippen molar-refractivity contribution in [3.05, 3.63) is 59.2 Å². The number of para-hydroxylation sites is 1. The largest absolute Gasteiger partial charge is 0.496 e. The van der Waals surface area contributed by atoms with Crippen molar-refractivity contribution >= 4 is 5.69 Å². The van der Waals surface area contributed by atoms with E-state index in [9.17, 15) is 5.26 Å². The highest BCUT2D eigenvalue weighted by Gasteiger charge is 2.10. The van der Waals surface area contributed by atoms with Crippen molar-refractivity contribution in [2.24, 2.45) is 0 Å². The van der Waals surface area contributed by atoms with Gasteiger partial charge in [0.2, 0.25) is 0 Å². The van der Waals surface area contributed by atoms with E-state index >= 15 is 0 Å². The number of hydrogen-bond donors (Lipinski definition) is 0. The monoisotopic (exact) mass is 266 g/mol. The van der Waals surface area contributed by atoms with Crippen molar-refractivity contribution in [3.8, 4) is 11.8 Å². The van der Waals surface area contributed by atoms with Gasteiger partial charge in [-0.3, -0.25) is 0 Å². The van der Waals surface area contributed by atoms with Crippen LogP contribution in [0.3, 0.4) is 0 Å². The summed E-state index contributed by atoms with van der Waals surface area (Å²) in [5, 5.41) is 9.22. The standard InChI is InChI=1S/C17H18N2O/c1-13-8-9-14(11-18)16(10-13)19(2)12-15-6-4-5-7-17(15)20-3/h4-10H,12H2,1-3H3. The molecule has 102 valence electrons. The number of ether oxygens (including phenoxy) is 1. The van der Waals surface area contributed by atoms with Gasteiger partial charge in [0, 0.05) is 19.2 Å². The Hall–Kier alpha value is -2.47. The molecule has 0 aliphatic rings. The number of benzene rings is 2. The van der Waals surface area contributed by atoms with Crippen LogP contribution in [-0.2, 0) is 6.54 Å². The molecule has 0 spiro atoms. The lowest BCUT2D eigenvalue weighted by atomic mass is 10.1. The molecule has 0 atom stereocenters. The number of nitrogens with zero attached hydrogens (tertiary/aromatic N) is 2. The van der Waals surface area contributed by atoms with Crippen molar-refractivity contribution in [3.63, 3.8) is 0 Å². The third-order valence-electron chi connectivity index (χ3n) is 3.28. The average molecular weight is 266 g/mol. The SMILES string of the molecule is COc1ccccc1CN(C)c1cc(C)ccc1C#N. The summed E-state index contributed by atoms with van der Waals surface area (Å²) in [5.41, 5.74) is 3.88. The lowest BCUT2D eigenvalue weighted by Gasteiger charge is -2.22. The Kier molecular flexibility index (Phi) is 4.27. The van der Waals surface area contributed by atoms with Crippen LogP contribution in [0.25, 0.3) is 0 Å². The van der Waals surface area contributed by atoms with Crippen LogP contribution in [0.4, 0.5) is 5.69 Å². The first kappa shape index (κ1) is 14.0. The van der Waals surface area contributed by atoms with Crippen LogP contribution in [0.5, 0.6) is 5.75 Å². The maximum atomic E-state index is 9.22. The minimum absolute atomic E-state index is 0.688. The van der Waals surface area contributed by atoms with E-state index in [1.807, 2.05) is 56.4 Å². The highest BCUT2D eigenvalue weighted by Crippen LogP contribution is 2.25. The second-order valence-corrected chi connectivity index (χ2v) is 4.80. The van der Waals surface area contributed by atoms with Gasteiger partial charge in [-0.2, -0.15) is 5.26 Å². The third kappa shape index (κ3) is 2.92. The summed E-state index contributed by atoms with van der Waals surface area (Å²) in [4.78, 5) is 2.07. The predicted molar refractivity (Wildman–Crippen MR) is 81.0 cm³/mol. The zero-order valence-electron chi connectivity index (χ0n) is 12.1. The van der Waals surface area contributed by atoms with E-state index in [0.717, 1.165) is 22.6 Å². The molecule has 0 heterocycles. The van der Waals surface area contributed by atoms with E-state index in [1.165, 1.54) is 0 Å². The van der Waals surface area contributed by atoms with Gasteiger partial charge >= 0.3 is 0 Å². The molecule has 20 heavy (non-hydrogen) atoms. The average Bonchev–Trinajstić information content (AvgIpc) is 2.47. The van der Waals surface area contributed by atoms with Crippen LogP contribution in [-0.4, -0.2) is 14.2 Å². The van der Waals surface area contributed by atoms with Gasteiger partial charge in [0.1, 0.15) is 11.8 Å². The quantitative estimate of drug-likeness (QED) is 0.849. The van der Waals surface area contributed by atoms with Crippen molar-refractivity contribution in [1.82, 2.24) is 0 Å². The van der Waals surface area contributed by atoms with Crippen LogP contribution in [0.15, 0.2) is 42.5 Å². The number of rotatable bonds is 4. The maximum Gasteiger partial charge on any atom is 0.123 e. The minimum Gasteiger partial charge on any atom is -0.496 e. The summed E-state index contributed by atoms with van der Waals surface area (Å²) < 4.78 is 5.37. The smallest absolute Gasteiger partial charge is 0.123 e. The summed E-state index contributed by atoms with van der Waals surface area (Å²) in [5.74, 6) is 0.866. The molecule has 2 rings (SSSR count). The molecule has 2 aromatic rings. The van der Waals surface area contributed by atoms with E-state index < -0.39 is 0 Å². The zero-order valence-corrected chi connectivity index (χ0v) is 12.1. The predicted octanol–water partition coefficient (Wildman–Crippen LogP) is 3.51. The van der Waals surface area contributed by atoms with Crippen molar-refractivity contribution in [2.75, 3.05) is 19.1 Å². The molecule has 3 nitrogen and oxygen atoms in total. The molecule has 0 aliphatic carbocycles. The van der Waals surface area contributed by atoms with Crippen molar-refractivity contribution in [2.45, 2.75) is 13.5 Å². The molecule has 0 radical (unpaired) electrons. The number of anilines is 1. The molecule has 0 unspecified atom stereocenters. The van der Waals surface area contributed by atoms with E-state index in [2.05, 4.69) is 11.0 Å². The Bertz CT molecular complexity index is 644. The second-order valence-electron chi connectivity index (χ2n) is 4.80. The highest BCUT2D eigenvalue weighted by atomic mass is 16.5. The minimum atomic E-state index is 0.688. The van der Waals surface area contributed by atoms with Gasteiger partial charge in [0.25, 0.3) is 0 Å². The summed E-state index contributed by atoms with van der Waals surface area (Å²) >= 11 is 0. The number of methoxy groups -OCH3 is 1. The summed E-state index contributed by atoms with van der Waals surface area (Å²) in [6.45, 7) is 2.73. The van der Waals surface area contributed by atoms with Gasteiger partial charge in [-0.15, -0.1) is 0 Å². The van der Waals surface area contributed by atoms with E-state index in [0.29, 0.717) is 12.1 Å². The third-order valence-corrected chi connectivity index (χ3v) is 3.28. The summed E-state index contributed by atoms with van der Waals surface area (Å²) in [6.07, 6.45) is 0. The molecular formula is C17H18N2O. The fourth-order valence-corrected chi connectivity index (χ4v) is 2.23. The molecule has 0 aliphatic heterocycles. The fraction of sp³-hybridized carbons (Fsp3) is 0.235. The van der Waals surface area contributed by atoms with Gasteiger partial charge < -0.3 is 9.64 Å². The highest BCUT2D eigenvalue weighted by molar-refractivity contribution is 5.60. The lowest BCUT2D eigenvalue weighted by Crippen LogP contribution is -2.18. The molecule has 0 fully saturated rings. The molecule has 0 saturated heterocycles. The first-order valence-electron chi connectivity index (χ1n) is 6.49. The Morgan fingerprint density at radius 3 is 2.65 bits per heavy atom. The first-order chi connectivity index (χ1) is 9.65. The molecule has 0 N–H and O–H groups in total. The molecule has 2 aromatic carbocycles. The Balaban J connectivity index is 2.31. The van der Waals surface area contributed by atoms with Gasteiger partial charge in [-0.05, 0) is 30.7 Å². The van der Waals surface area contributed by atoms with Crippen LogP contribution in [0.2, 0.25) is 0 Å². The van der Waals surface area contributed by atoms with Gasteiger partial charge in [0.15, 0.2) is 0 Å². The van der Waals surface area contributed by atoms with Gasteiger partial charge in [-0.25, -0.2) is 0 Å². The van der Waals surface area contributed by atoms with Crippen LogP contribution in [0.1, 0.15) is 16.7 Å². The van der Waals surface area contributed by atoms with Crippen molar-refractivity contribution in [1.29, 1.82) is 5.26 Å². The number of nitriles is 1.